The molecule has 3 aromatic rings. The van der Waals surface area contributed by atoms with Crippen molar-refractivity contribution in [2.75, 3.05) is 13.2 Å². The van der Waals surface area contributed by atoms with Crippen LogP contribution in [0.15, 0.2) is 55.0 Å². The average molecular weight is 406 g/mol. The van der Waals surface area contributed by atoms with Crippen LogP contribution in [0.3, 0.4) is 0 Å². The number of aromatic nitrogens is 3. The highest BCUT2D eigenvalue weighted by Crippen LogP contribution is 2.34. The lowest BCUT2D eigenvalue weighted by molar-refractivity contribution is -0.0755. The number of benzene rings is 1. The molecule has 0 aliphatic carbocycles. The number of amides is 1. The van der Waals surface area contributed by atoms with E-state index in [0.29, 0.717) is 37.3 Å². The Balaban J connectivity index is 1.28. The largest absolute Gasteiger partial charge is 0.445 e. The number of nitrogens with zero attached hydrogens (tertiary/aromatic N) is 4. The number of carbonyl (C=O) groups is 2. The van der Waals surface area contributed by atoms with Gasteiger partial charge in [0.1, 0.15) is 6.61 Å². The van der Waals surface area contributed by atoms with Crippen LogP contribution in [-0.2, 0) is 16.1 Å². The number of morpholine rings is 1. The van der Waals surface area contributed by atoms with Crippen LogP contribution in [0, 0.1) is 5.92 Å². The molecule has 2 fully saturated rings. The number of fused-ring (bicyclic) bond motifs is 3. The van der Waals surface area contributed by atoms with Gasteiger partial charge < -0.3 is 9.47 Å². The Morgan fingerprint density at radius 1 is 1.10 bits per heavy atom. The zero-order chi connectivity index (χ0) is 20.5. The number of carbonyl (C=O) groups excluding carboxylic acids is 2. The van der Waals surface area contributed by atoms with Crippen LogP contribution in [0.1, 0.15) is 28.8 Å². The Morgan fingerprint density at radius 3 is 2.63 bits per heavy atom. The van der Waals surface area contributed by atoms with Crippen molar-refractivity contribution in [1.29, 1.82) is 0 Å². The van der Waals surface area contributed by atoms with Gasteiger partial charge in [0.2, 0.25) is 0 Å². The molecule has 0 N–H and O–H groups in total. The molecule has 2 bridgehead atoms. The first kappa shape index (κ1) is 18.7. The predicted molar refractivity (Wildman–Crippen MR) is 107 cm³/mol. The fraction of sp³-hybridized carbons (Fsp3) is 0.364. The van der Waals surface area contributed by atoms with Crippen molar-refractivity contribution in [3.8, 4) is 0 Å². The minimum atomic E-state index is -0.345. The predicted octanol–water partition coefficient (Wildman–Crippen LogP) is 2.73. The molecule has 2 saturated heterocycles. The molecule has 1 aromatic carbocycles. The number of piperidine rings is 1. The van der Waals surface area contributed by atoms with E-state index >= 15 is 0 Å². The second-order valence-electron chi connectivity index (χ2n) is 7.80. The monoisotopic (exact) mass is 406 g/mol. The summed E-state index contributed by atoms with van der Waals surface area (Å²) >= 11 is 0. The van der Waals surface area contributed by atoms with E-state index in [1.165, 1.54) is 0 Å². The fourth-order valence-corrected chi connectivity index (χ4v) is 4.39. The van der Waals surface area contributed by atoms with Gasteiger partial charge in [-0.25, -0.2) is 14.3 Å². The number of hydrogen-bond donors (Lipinski definition) is 0. The summed E-state index contributed by atoms with van der Waals surface area (Å²) in [5.41, 5.74) is 2.18. The van der Waals surface area contributed by atoms with E-state index < -0.39 is 0 Å². The van der Waals surface area contributed by atoms with Gasteiger partial charge >= 0.3 is 6.09 Å². The van der Waals surface area contributed by atoms with E-state index in [1.807, 2.05) is 30.3 Å². The molecule has 2 aliphatic rings. The highest BCUT2D eigenvalue weighted by atomic mass is 16.6. The van der Waals surface area contributed by atoms with E-state index in [9.17, 15) is 9.59 Å². The maximum absolute atomic E-state index is 13.1. The van der Waals surface area contributed by atoms with E-state index in [1.54, 1.807) is 34.1 Å². The molecular formula is C22H22N4O4. The zero-order valence-electron chi connectivity index (χ0n) is 16.4. The van der Waals surface area contributed by atoms with Crippen LogP contribution in [0.4, 0.5) is 4.79 Å². The lowest BCUT2D eigenvalue weighted by atomic mass is 9.81. The number of hydrogen-bond acceptors (Lipinski definition) is 6. The molecule has 0 saturated carbocycles. The summed E-state index contributed by atoms with van der Waals surface area (Å²) in [5, 5.41) is 4.16. The summed E-state index contributed by atoms with van der Waals surface area (Å²) in [7, 11) is 0. The van der Waals surface area contributed by atoms with Gasteiger partial charge in [-0.1, -0.05) is 30.3 Å². The summed E-state index contributed by atoms with van der Waals surface area (Å²) < 4.78 is 12.8. The van der Waals surface area contributed by atoms with Gasteiger partial charge in [-0.15, -0.1) is 0 Å². The summed E-state index contributed by atoms with van der Waals surface area (Å²) in [5.74, 6) is -0.147. The molecule has 2 unspecified atom stereocenters. The second-order valence-corrected chi connectivity index (χ2v) is 7.80. The van der Waals surface area contributed by atoms with Crippen LogP contribution in [0.2, 0.25) is 0 Å². The molecule has 2 atom stereocenters. The van der Waals surface area contributed by atoms with Gasteiger partial charge in [-0.2, -0.15) is 5.10 Å². The Morgan fingerprint density at radius 2 is 1.87 bits per heavy atom. The first-order chi connectivity index (χ1) is 14.7. The third-order valence-electron chi connectivity index (χ3n) is 5.84. The molecule has 30 heavy (non-hydrogen) atoms. The lowest BCUT2D eigenvalue weighted by Gasteiger charge is -2.47. The van der Waals surface area contributed by atoms with Gasteiger partial charge in [-0.3, -0.25) is 9.69 Å². The smallest absolute Gasteiger partial charge is 0.410 e. The first-order valence-corrected chi connectivity index (χ1v) is 10.1. The maximum Gasteiger partial charge on any atom is 0.410 e. The Labute approximate surface area is 173 Å². The highest BCUT2D eigenvalue weighted by Gasteiger charge is 2.44. The maximum atomic E-state index is 13.1. The van der Waals surface area contributed by atoms with Gasteiger partial charge in [0, 0.05) is 24.4 Å². The Kier molecular flexibility index (Phi) is 4.92. The topological polar surface area (TPSA) is 86.0 Å². The quantitative estimate of drug-likeness (QED) is 0.620. The third kappa shape index (κ3) is 3.54. The van der Waals surface area contributed by atoms with Crippen molar-refractivity contribution in [3.63, 3.8) is 0 Å². The minimum absolute atomic E-state index is 0.0362. The van der Waals surface area contributed by atoms with E-state index in [-0.39, 0.29) is 36.5 Å². The summed E-state index contributed by atoms with van der Waals surface area (Å²) in [6.07, 6.45) is 5.73. The van der Waals surface area contributed by atoms with Gasteiger partial charge in [0.15, 0.2) is 11.4 Å². The number of Topliss-reactive ketones (excluding diaryl/α,β-unsaturated/α-hetero) is 1. The van der Waals surface area contributed by atoms with Crippen molar-refractivity contribution in [3.05, 3.63) is 66.1 Å². The van der Waals surface area contributed by atoms with E-state index in [2.05, 4.69) is 10.1 Å². The summed E-state index contributed by atoms with van der Waals surface area (Å²) in [6, 6.07) is 11.0. The summed E-state index contributed by atoms with van der Waals surface area (Å²) in [6.45, 7) is 1.06. The van der Waals surface area contributed by atoms with Crippen LogP contribution in [-0.4, -0.2) is 56.7 Å². The molecule has 8 nitrogen and oxygen atoms in total. The molecular weight excluding hydrogens is 384 g/mol. The Bertz CT molecular complexity index is 1050. The van der Waals surface area contributed by atoms with Gasteiger partial charge in [0.05, 0.1) is 37.1 Å². The lowest BCUT2D eigenvalue weighted by Crippen LogP contribution is -2.59. The minimum Gasteiger partial charge on any atom is -0.445 e. The Hall–Kier alpha value is -3.26. The molecule has 0 radical (unpaired) electrons. The van der Waals surface area contributed by atoms with Gasteiger partial charge in [0.25, 0.3) is 0 Å². The molecule has 154 valence electrons. The van der Waals surface area contributed by atoms with Crippen molar-refractivity contribution < 1.29 is 19.1 Å². The molecule has 2 aliphatic heterocycles. The summed E-state index contributed by atoms with van der Waals surface area (Å²) in [4.78, 5) is 32.0. The molecule has 8 heteroatoms. The second kappa shape index (κ2) is 7.87. The van der Waals surface area contributed by atoms with Gasteiger partial charge in [-0.05, 0) is 18.4 Å². The molecule has 4 heterocycles. The van der Waals surface area contributed by atoms with Crippen molar-refractivity contribution in [2.45, 2.75) is 31.5 Å². The van der Waals surface area contributed by atoms with E-state index in [4.69, 9.17) is 9.47 Å². The molecule has 2 aromatic heterocycles. The average Bonchev–Trinajstić information content (AvgIpc) is 3.24. The third-order valence-corrected chi connectivity index (χ3v) is 5.84. The normalized spacial score (nSPS) is 23.3. The number of ketones is 1. The van der Waals surface area contributed by atoms with Crippen LogP contribution in [0.25, 0.3) is 5.65 Å². The molecule has 5 rings (SSSR count). The van der Waals surface area contributed by atoms with Crippen molar-refractivity contribution in [2.24, 2.45) is 5.92 Å². The number of ether oxygens (including phenoxy) is 2. The zero-order valence-corrected chi connectivity index (χ0v) is 16.4. The van der Waals surface area contributed by atoms with Crippen molar-refractivity contribution in [1.82, 2.24) is 19.5 Å². The highest BCUT2D eigenvalue weighted by molar-refractivity contribution is 5.97. The van der Waals surface area contributed by atoms with E-state index in [0.717, 1.165) is 5.56 Å². The first-order valence-electron chi connectivity index (χ1n) is 10.1. The number of rotatable bonds is 4. The molecule has 1 amide bonds. The standard InChI is InChI=1S/C22H22N4O4/c27-21(17-10-23-20-6-7-24-25(20)11-17)16-8-18-13-29-14-19(9-16)26(18)22(28)30-12-15-4-2-1-3-5-15/h1-7,10-11,16,18-19H,8-9,12-14H2. The van der Waals surface area contributed by atoms with Crippen LogP contribution < -0.4 is 0 Å². The molecule has 0 spiro atoms. The van der Waals surface area contributed by atoms with Crippen LogP contribution in [0.5, 0.6) is 0 Å². The SMILES string of the molecule is O=C(c1cnc2ccnn2c1)C1CC2COCC(C1)N2C(=O)OCc1ccccc1. The van der Waals surface area contributed by atoms with Crippen molar-refractivity contribution >= 4 is 17.5 Å². The van der Waals surface area contributed by atoms with Crippen LogP contribution >= 0.6 is 0 Å². The fourth-order valence-electron chi connectivity index (χ4n) is 4.39.